The highest BCUT2D eigenvalue weighted by molar-refractivity contribution is 7.99. The van der Waals surface area contributed by atoms with E-state index in [2.05, 4.69) is 0 Å². The van der Waals surface area contributed by atoms with Crippen molar-refractivity contribution in [1.82, 2.24) is 0 Å². The summed E-state index contributed by atoms with van der Waals surface area (Å²) in [7, 11) is 0. The maximum absolute atomic E-state index is 7.37. The molecule has 0 aliphatic rings. The van der Waals surface area contributed by atoms with E-state index in [1.807, 2.05) is 30.3 Å². The largest absolute Gasteiger partial charge is 0.384 e. The van der Waals surface area contributed by atoms with Crippen molar-refractivity contribution in [2.75, 3.05) is 0 Å². The van der Waals surface area contributed by atoms with Crippen LogP contribution in [0.2, 0.25) is 10.0 Å². The summed E-state index contributed by atoms with van der Waals surface area (Å²) in [6.45, 7) is 0. The molecule has 3 N–H and O–H groups in total. The van der Waals surface area contributed by atoms with Crippen molar-refractivity contribution < 1.29 is 0 Å². The van der Waals surface area contributed by atoms with Crippen LogP contribution in [0.4, 0.5) is 0 Å². The van der Waals surface area contributed by atoms with Gasteiger partial charge in [-0.15, -0.1) is 0 Å². The van der Waals surface area contributed by atoms with Crippen molar-refractivity contribution in [3.8, 4) is 0 Å². The average molecular weight is 297 g/mol. The first-order valence-electron chi connectivity index (χ1n) is 5.13. The minimum absolute atomic E-state index is 0.0284. The quantitative estimate of drug-likeness (QED) is 0.650. The van der Waals surface area contributed by atoms with Crippen LogP contribution in [-0.2, 0) is 0 Å². The van der Waals surface area contributed by atoms with E-state index in [4.69, 9.17) is 34.3 Å². The molecule has 0 saturated carbocycles. The summed E-state index contributed by atoms with van der Waals surface area (Å²) in [5, 5.41) is 8.55. The van der Waals surface area contributed by atoms with Gasteiger partial charge in [0.05, 0.1) is 5.02 Å². The second-order valence-corrected chi connectivity index (χ2v) is 5.61. The van der Waals surface area contributed by atoms with Crippen LogP contribution in [0.1, 0.15) is 5.56 Å². The first kappa shape index (κ1) is 13.3. The normalized spacial score (nSPS) is 10.3. The number of halogens is 2. The molecule has 0 atom stereocenters. The molecule has 0 heterocycles. The van der Waals surface area contributed by atoms with Gasteiger partial charge in [0.15, 0.2) is 0 Å². The highest BCUT2D eigenvalue weighted by Crippen LogP contribution is 2.31. The van der Waals surface area contributed by atoms with Crippen LogP contribution in [-0.4, -0.2) is 5.84 Å². The zero-order valence-corrected chi connectivity index (χ0v) is 11.6. The molecule has 5 heteroatoms. The summed E-state index contributed by atoms with van der Waals surface area (Å²) in [5.74, 6) is -0.0284. The Balaban J connectivity index is 2.25. The van der Waals surface area contributed by atoms with Gasteiger partial charge in [-0.05, 0) is 36.4 Å². The van der Waals surface area contributed by atoms with E-state index in [1.165, 1.54) is 0 Å². The lowest BCUT2D eigenvalue weighted by molar-refractivity contribution is 1.37. The number of rotatable bonds is 3. The number of hydrogen-bond donors (Lipinski definition) is 2. The predicted molar refractivity (Wildman–Crippen MR) is 78.0 cm³/mol. The highest BCUT2D eigenvalue weighted by Gasteiger charge is 2.05. The van der Waals surface area contributed by atoms with Crippen molar-refractivity contribution in [3.05, 3.63) is 58.1 Å². The molecule has 0 aliphatic carbocycles. The maximum Gasteiger partial charge on any atom is 0.124 e. The van der Waals surface area contributed by atoms with E-state index in [-0.39, 0.29) is 5.84 Å². The lowest BCUT2D eigenvalue weighted by atomic mass is 10.2. The van der Waals surface area contributed by atoms with Crippen LogP contribution >= 0.6 is 35.0 Å². The van der Waals surface area contributed by atoms with Gasteiger partial charge in [0.1, 0.15) is 5.84 Å². The summed E-state index contributed by atoms with van der Waals surface area (Å²) < 4.78 is 0. The molecule has 92 valence electrons. The van der Waals surface area contributed by atoms with Crippen LogP contribution in [0.25, 0.3) is 0 Å². The van der Waals surface area contributed by atoms with Gasteiger partial charge in [-0.3, -0.25) is 5.41 Å². The van der Waals surface area contributed by atoms with Crippen molar-refractivity contribution in [2.24, 2.45) is 5.73 Å². The fraction of sp³-hybridized carbons (Fsp3) is 0. The Morgan fingerprint density at radius 2 is 1.78 bits per heavy atom. The molecule has 0 saturated heterocycles. The van der Waals surface area contributed by atoms with Gasteiger partial charge in [0, 0.05) is 20.4 Å². The van der Waals surface area contributed by atoms with Gasteiger partial charge in [0.25, 0.3) is 0 Å². The Labute approximate surface area is 120 Å². The molecule has 2 rings (SSSR count). The van der Waals surface area contributed by atoms with E-state index >= 15 is 0 Å². The Kier molecular flexibility index (Phi) is 4.17. The minimum Gasteiger partial charge on any atom is -0.384 e. The Morgan fingerprint density at radius 3 is 2.39 bits per heavy atom. The van der Waals surface area contributed by atoms with Crippen molar-refractivity contribution in [2.45, 2.75) is 9.79 Å². The zero-order chi connectivity index (χ0) is 13.1. The van der Waals surface area contributed by atoms with Gasteiger partial charge >= 0.3 is 0 Å². The lowest BCUT2D eigenvalue weighted by Gasteiger charge is -2.06. The van der Waals surface area contributed by atoms with Crippen LogP contribution < -0.4 is 5.73 Å². The van der Waals surface area contributed by atoms with E-state index < -0.39 is 0 Å². The van der Waals surface area contributed by atoms with E-state index in [0.29, 0.717) is 15.6 Å². The molecule has 2 aromatic carbocycles. The second-order valence-electron chi connectivity index (χ2n) is 3.61. The molecular weight excluding hydrogens is 287 g/mol. The first-order chi connectivity index (χ1) is 8.56. The maximum atomic E-state index is 7.37. The molecule has 2 nitrogen and oxygen atoms in total. The monoisotopic (exact) mass is 296 g/mol. The van der Waals surface area contributed by atoms with E-state index in [1.54, 1.807) is 23.9 Å². The van der Waals surface area contributed by atoms with Gasteiger partial charge in [-0.2, -0.15) is 0 Å². The molecule has 0 radical (unpaired) electrons. The SMILES string of the molecule is N=C(N)c1ccc(Sc2cccc(Cl)c2)cc1Cl. The number of nitrogens with one attached hydrogen (secondary N) is 1. The Bertz CT molecular complexity index is 599. The third kappa shape index (κ3) is 3.19. The molecule has 18 heavy (non-hydrogen) atoms. The standard InChI is InChI=1S/C13H10Cl2N2S/c14-8-2-1-3-9(6-8)18-10-4-5-11(13(16)17)12(15)7-10/h1-7H,(H3,16,17). The minimum atomic E-state index is -0.0284. The fourth-order valence-electron chi connectivity index (χ4n) is 1.44. The average Bonchev–Trinajstić information content (AvgIpc) is 2.28. The summed E-state index contributed by atoms with van der Waals surface area (Å²) in [4.78, 5) is 2.02. The number of nitrogen functional groups attached to an aromatic ring is 1. The third-order valence-corrected chi connectivity index (χ3v) is 3.79. The molecule has 0 aliphatic heterocycles. The summed E-state index contributed by atoms with van der Waals surface area (Å²) in [6, 6.07) is 13.0. The molecule has 0 fully saturated rings. The van der Waals surface area contributed by atoms with E-state index in [9.17, 15) is 0 Å². The molecule has 0 aromatic heterocycles. The topological polar surface area (TPSA) is 49.9 Å². The van der Waals surface area contributed by atoms with Gasteiger partial charge in [0.2, 0.25) is 0 Å². The smallest absolute Gasteiger partial charge is 0.124 e. The summed E-state index contributed by atoms with van der Waals surface area (Å²) in [5.41, 5.74) is 5.96. The Hall–Kier alpha value is -1.16. The van der Waals surface area contributed by atoms with Crippen LogP contribution in [0.15, 0.2) is 52.3 Å². The lowest BCUT2D eigenvalue weighted by Crippen LogP contribution is -2.11. The zero-order valence-electron chi connectivity index (χ0n) is 9.28. The number of nitrogens with two attached hydrogens (primary N) is 1. The number of benzene rings is 2. The van der Waals surface area contributed by atoms with E-state index in [0.717, 1.165) is 9.79 Å². The van der Waals surface area contributed by atoms with Crippen LogP contribution in [0.3, 0.4) is 0 Å². The van der Waals surface area contributed by atoms with Crippen LogP contribution in [0, 0.1) is 5.41 Å². The molecule has 0 amide bonds. The summed E-state index contributed by atoms with van der Waals surface area (Å²) >= 11 is 13.5. The van der Waals surface area contributed by atoms with Crippen LogP contribution in [0.5, 0.6) is 0 Å². The van der Waals surface area contributed by atoms with Gasteiger partial charge in [-0.25, -0.2) is 0 Å². The molecule has 0 bridgehead atoms. The third-order valence-electron chi connectivity index (χ3n) is 2.26. The van der Waals surface area contributed by atoms with Crippen molar-refractivity contribution >= 4 is 40.8 Å². The predicted octanol–water partition coefficient (Wildman–Crippen LogP) is 4.43. The molecular formula is C13H10Cl2N2S. The van der Waals surface area contributed by atoms with Gasteiger partial charge < -0.3 is 5.73 Å². The second kappa shape index (κ2) is 5.65. The fourth-order valence-corrected chi connectivity index (χ4v) is 2.96. The van der Waals surface area contributed by atoms with Gasteiger partial charge in [-0.1, -0.05) is 41.0 Å². The molecule has 0 spiro atoms. The van der Waals surface area contributed by atoms with Crippen molar-refractivity contribution in [1.29, 1.82) is 5.41 Å². The Morgan fingerprint density at radius 1 is 1.06 bits per heavy atom. The highest BCUT2D eigenvalue weighted by atomic mass is 35.5. The van der Waals surface area contributed by atoms with Crippen molar-refractivity contribution in [3.63, 3.8) is 0 Å². The first-order valence-corrected chi connectivity index (χ1v) is 6.71. The molecule has 0 unspecified atom stereocenters. The molecule has 2 aromatic rings. The summed E-state index contributed by atoms with van der Waals surface area (Å²) in [6.07, 6.45) is 0. The number of hydrogen-bond acceptors (Lipinski definition) is 2. The number of amidine groups is 1.